The van der Waals surface area contributed by atoms with E-state index < -0.39 is 0 Å². The molecule has 0 aliphatic carbocycles. The fourth-order valence-corrected chi connectivity index (χ4v) is 3.23. The van der Waals surface area contributed by atoms with Gasteiger partial charge in [0.2, 0.25) is 0 Å². The number of rotatable bonds is 5. The maximum Gasteiger partial charge on any atom is 0.131 e. The maximum absolute atomic E-state index is 9.04. The number of aliphatic imine (C=N–C) groups is 1. The molecule has 27 heavy (non-hydrogen) atoms. The summed E-state index contributed by atoms with van der Waals surface area (Å²) in [7, 11) is 0. The Bertz CT molecular complexity index is 923. The Morgan fingerprint density at radius 2 is 2.22 bits per heavy atom. The van der Waals surface area contributed by atoms with Crippen LogP contribution in [0.4, 0.5) is 5.82 Å². The molecule has 0 saturated heterocycles. The normalized spacial score (nSPS) is 14.3. The number of nitrogens with two attached hydrogens (primary N) is 1. The van der Waals surface area contributed by atoms with Crippen LogP contribution in [0.3, 0.4) is 0 Å². The van der Waals surface area contributed by atoms with E-state index in [-0.39, 0.29) is 0 Å². The molecule has 0 bridgehead atoms. The van der Waals surface area contributed by atoms with Gasteiger partial charge in [0.05, 0.1) is 5.56 Å². The third-order valence-corrected chi connectivity index (χ3v) is 4.61. The van der Waals surface area contributed by atoms with Crippen molar-refractivity contribution in [1.29, 1.82) is 5.26 Å². The molecule has 2 aromatic heterocycles. The van der Waals surface area contributed by atoms with E-state index in [0.29, 0.717) is 5.56 Å². The standard InChI is InChI=1S/C21H24N6/c1-3-5-24-12-19(10-23)17-8-18-14-27(6-4-20(18)25-13-17)21-15(2)7-16(9-22)11-26-21/h7-8,10-13H,3-6,14,23H2,1-2H3. The molecule has 0 saturated carbocycles. The van der Waals surface area contributed by atoms with Crippen LogP contribution >= 0.6 is 0 Å². The highest BCUT2D eigenvalue weighted by atomic mass is 15.2. The van der Waals surface area contributed by atoms with Crippen molar-refractivity contribution in [2.45, 2.75) is 33.2 Å². The van der Waals surface area contributed by atoms with E-state index in [2.05, 4.69) is 38.9 Å². The molecule has 0 unspecified atom stereocenters. The van der Waals surface area contributed by atoms with E-state index >= 15 is 0 Å². The fraction of sp³-hybridized carbons (Fsp3) is 0.333. The number of fused-ring (bicyclic) bond motifs is 1. The van der Waals surface area contributed by atoms with Crippen LogP contribution < -0.4 is 10.6 Å². The van der Waals surface area contributed by atoms with Crippen molar-refractivity contribution in [2.24, 2.45) is 10.7 Å². The molecule has 0 amide bonds. The lowest BCUT2D eigenvalue weighted by atomic mass is 10.0. The van der Waals surface area contributed by atoms with Crippen LogP contribution in [0.1, 0.15) is 41.3 Å². The largest absolute Gasteiger partial charge is 0.404 e. The average molecular weight is 360 g/mol. The molecular weight excluding hydrogens is 336 g/mol. The molecule has 2 aromatic rings. The monoisotopic (exact) mass is 360 g/mol. The number of anilines is 1. The van der Waals surface area contributed by atoms with Crippen molar-refractivity contribution in [3.63, 3.8) is 0 Å². The SMILES string of the molecule is CCCN=CC(=CN)c1cnc2c(c1)CN(c1ncc(C#N)cc1C)CC2. The van der Waals surface area contributed by atoms with Gasteiger partial charge in [-0.15, -0.1) is 0 Å². The van der Waals surface area contributed by atoms with Crippen LogP contribution in [0, 0.1) is 18.3 Å². The maximum atomic E-state index is 9.04. The molecule has 138 valence electrons. The molecule has 1 aliphatic rings. The molecule has 6 heteroatoms. The zero-order valence-electron chi connectivity index (χ0n) is 15.8. The lowest BCUT2D eigenvalue weighted by Gasteiger charge is -2.30. The predicted octanol–water partition coefficient (Wildman–Crippen LogP) is 3.00. The van der Waals surface area contributed by atoms with Gasteiger partial charge in [-0.1, -0.05) is 6.92 Å². The summed E-state index contributed by atoms with van der Waals surface area (Å²) in [6, 6.07) is 6.16. The molecule has 3 rings (SSSR count). The number of nitrogens with zero attached hydrogens (tertiary/aromatic N) is 5. The Morgan fingerprint density at radius 3 is 2.93 bits per heavy atom. The molecule has 0 radical (unpaired) electrons. The fourth-order valence-electron chi connectivity index (χ4n) is 3.23. The van der Waals surface area contributed by atoms with Crippen molar-refractivity contribution in [3.8, 4) is 6.07 Å². The van der Waals surface area contributed by atoms with Gasteiger partial charge in [-0.3, -0.25) is 9.98 Å². The first-order valence-corrected chi connectivity index (χ1v) is 9.17. The van der Waals surface area contributed by atoms with Crippen LogP contribution in [-0.2, 0) is 13.0 Å². The first kappa shape index (κ1) is 18.6. The Balaban J connectivity index is 1.86. The number of nitriles is 1. The zero-order valence-corrected chi connectivity index (χ0v) is 15.8. The molecule has 6 nitrogen and oxygen atoms in total. The minimum absolute atomic E-state index is 0.585. The smallest absolute Gasteiger partial charge is 0.131 e. The van der Waals surface area contributed by atoms with Gasteiger partial charge in [0.25, 0.3) is 0 Å². The van der Waals surface area contributed by atoms with Gasteiger partial charge in [0, 0.05) is 67.7 Å². The van der Waals surface area contributed by atoms with Gasteiger partial charge in [-0.25, -0.2) is 4.98 Å². The highest BCUT2D eigenvalue weighted by Gasteiger charge is 2.20. The van der Waals surface area contributed by atoms with Crippen molar-refractivity contribution in [2.75, 3.05) is 18.0 Å². The van der Waals surface area contributed by atoms with E-state index in [1.165, 1.54) is 5.56 Å². The van der Waals surface area contributed by atoms with E-state index in [1.54, 1.807) is 12.4 Å². The lowest BCUT2D eigenvalue weighted by molar-refractivity contribution is 0.700. The number of hydrogen-bond donors (Lipinski definition) is 1. The quantitative estimate of drug-likeness (QED) is 0.828. The molecule has 2 N–H and O–H groups in total. The van der Waals surface area contributed by atoms with Gasteiger partial charge in [-0.2, -0.15) is 5.26 Å². The van der Waals surface area contributed by atoms with Crippen molar-refractivity contribution < 1.29 is 0 Å². The summed E-state index contributed by atoms with van der Waals surface area (Å²) >= 11 is 0. The van der Waals surface area contributed by atoms with Crippen LogP contribution in [0.15, 0.2) is 35.7 Å². The minimum atomic E-state index is 0.585. The number of hydrogen-bond acceptors (Lipinski definition) is 6. The van der Waals surface area contributed by atoms with Crippen LogP contribution in [0.25, 0.3) is 5.57 Å². The lowest BCUT2D eigenvalue weighted by Crippen LogP contribution is -2.32. The van der Waals surface area contributed by atoms with Crippen molar-refractivity contribution >= 4 is 17.6 Å². The number of aryl methyl sites for hydroxylation is 1. The van der Waals surface area contributed by atoms with Crippen molar-refractivity contribution in [1.82, 2.24) is 9.97 Å². The van der Waals surface area contributed by atoms with Gasteiger partial charge in [-0.05, 0) is 36.6 Å². The summed E-state index contributed by atoms with van der Waals surface area (Å²) in [5.74, 6) is 0.921. The van der Waals surface area contributed by atoms with Crippen molar-refractivity contribution in [3.05, 3.63) is 58.7 Å². The molecule has 0 aromatic carbocycles. The predicted molar refractivity (Wildman–Crippen MR) is 108 cm³/mol. The molecule has 0 spiro atoms. The summed E-state index contributed by atoms with van der Waals surface area (Å²) in [5, 5.41) is 9.04. The highest BCUT2D eigenvalue weighted by Crippen LogP contribution is 2.26. The van der Waals surface area contributed by atoms with E-state index in [9.17, 15) is 0 Å². The summed E-state index contributed by atoms with van der Waals surface area (Å²) in [6.07, 6.45) is 8.77. The second-order valence-electron chi connectivity index (χ2n) is 6.63. The van der Waals surface area contributed by atoms with Crippen LogP contribution in [0.2, 0.25) is 0 Å². The summed E-state index contributed by atoms with van der Waals surface area (Å²) in [5.41, 5.74) is 11.5. The van der Waals surface area contributed by atoms with E-state index in [0.717, 1.165) is 60.7 Å². The Hall–Kier alpha value is -3.20. The van der Waals surface area contributed by atoms with Crippen LogP contribution in [0.5, 0.6) is 0 Å². The molecule has 0 atom stereocenters. The molecular formula is C21H24N6. The van der Waals surface area contributed by atoms with E-state index in [1.807, 2.05) is 25.4 Å². The number of pyridine rings is 2. The molecule has 0 fully saturated rings. The summed E-state index contributed by atoms with van der Waals surface area (Å²) < 4.78 is 0. The topological polar surface area (TPSA) is 91.2 Å². The second-order valence-corrected chi connectivity index (χ2v) is 6.63. The van der Waals surface area contributed by atoms with Gasteiger partial charge >= 0.3 is 0 Å². The zero-order chi connectivity index (χ0) is 19.2. The first-order chi connectivity index (χ1) is 13.2. The third-order valence-electron chi connectivity index (χ3n) is 4.61. The van der Waals surface area contributed by atoms with E-state index in [4.69, 9.17) is 11.0 Å². The minimum Gasteiger partial charge on any atom is -0.404 e. The van der Waals surface area contributed by atoms with Gasteiger partial charge in [0.1, 0.15) is 11.9 Å². The first-order valence-electron chi connectivity index (χ1n) is 9.17. The highest BCUT2D eigenvalue weighted by molar-refractivity contribution is 6.09. The average Bonchev–Trinajstić information content (AvgIpc) is 2.70. The Morgan fingerprint density at radius 1 is 1.37 bits per heavy atom. The summed E-state index contributed by atoms with van der Waals surface area (Å²) in [6.45, 7) is 6.47. The Kier molecular flexibility index (Phi) is 5.82. The molecule has 3 heterocycles. The molecule has 1 aliphatic heterocycles. The van der Waals surface area contributed by atoms with Gasteiger partial charge < -0.3 is 10.6 Å². The number of allylic oxidation sites excluding steroid dienone is 1. The number of aromatic nitrogens is 2. The second kappa shape index (κ2) is 8.45. The van der Waals surface area contributed by atoms with Crippen LogP contribution in [-0.4, -0.2) is 29.3 Å². The summed E-state index contributed by atoms with van der Waals surface area (Å²) in [4.78, 5) is 15.8. The van der Waals surface area contributed by atoms with Gasteiger partial charge in [0.15, 0.2) is 0 Å². The third kappa shape index (κ3) is 4.14. The Labute approximate surface area is 160 Å².